The highest BCUT2D eigenvalue weighted by molar-refractivity contribution is 4.96. The van der Waals surface area contributed by atoms with Gasteiger partial charge in [0, 0.05) is 12.6 Å². The van der Waals surface area contributed by atoms with Gasteiger partial charge >= 0.3 is 0 Å². The van der Waals surface area contributed by atoms with Gasteiger partial charge in [-0.25, -0.2) is 0 Å². The van der Waals surface area contributed by atoms with Gasteiger partial charge in [0.05, 0.1) is 0 Å². The summed E-state index contributed by atoms with van der Waals surface area (Å²) >= 11 is 0. The molecule has 82 valence electrons. The van der Waals surface area contributed by atoms with Gasteiger partial charge in [-0.15, -0.1) is 0 Å². The molecule has 0 amide bonds. The Morgan fingerprint density at radius 2 is 2.07 bits per heavy atom. The standard InChI is InChI=1S/C13H25N/c1-5-10(2)9-14-13-7-6-11(3)8-12(13)4/h11-14H,2,5-9H2,1,3-4H3. The molecule has 0 aromatic rings. The van der Waals surface area contributed by atoms with E-state index in [1.807, 2.05) is 0 Å². The van der Waals surface area contributed by atoms with Crippen LogP contribution < -0.4 is 5.32 Å². The maximum absolute atomic E-state index is 4.04. The van der Waals surface area contributed by atoms with Crippen molar-refractivity contribution in [1.82, 2.24) is 5.32 Å². The summed E-state index contributed by atoms with van der Waals surface area (Å²) in [5.74, 6) is 1.76. The second-order valence-corrected chi connectivity index (χ2v) is 4.99. The van der Waals surface area contributed by atoms with E-state index in [-0.39, 0.29) is 0 Å². The Morgan fingerprint density at radius 3 is 2.64 bits per heavy atom. The predicted octanol–water partition coefficient (Wildman–Crippen LogP) is 3.37. The van der Waals surface area contributed by atoms with Crippen LogP contribution in [0.5, 0.6) is 0 Å². The van der Waals surface area contributed by atoms with Crippen LogP contribution in [-0.4, -0.2) is 12.6 Å². The highest BCUT2D eigenvalue weighted by atomic mass is 14.9. The van der Waals surface area contributed by atoms with Gasteiger partial charge in [-0.1, -0.05) is 32.9 Å². The van der Waals surface area contributed by atoms with Crippen molar-refractivity contribution in [3.8, 4) is 0 Å². The van der Waals surface area contributed by atoms with E-state index in [4.69, 9.17) is 0 Å². The third-order valence-electron chi connectivity index (χ3n) is 3.55. The minimum Gasteiger partial charge on any atom is -0.310 e. The number of rotatable bonds is 4. The SMILES string of the molecule is C=C(CC)CNC1CCC(C)CC1C. The number of hydrogen-bond acceptors (Lipinski definition) is 1. The number of nitrogens with one attached hydrogen (secondary N) is 1. The Labute approximate surface area is 89.0 Å². The van der Waals surface area contributed by atoms with E-state index in [1.165, 1.54) is 24.8 Å². The van der Waals surface area contributed by atoms with E-state index >= 15 is 0 Å². The normalized spacial score (nSPS) is 32.9. The first-order valence-electron chi connectivity index (χ1n) is 6.03. The summed E-state index contributed by atoms with van der Waals surface area (Å²) < 4.78 is 0. The van der Waals surface area contributed by atoms with Gasteiger partial charge in [0.2, 0.25) is 0 Å². The summed E-state index contributed by atoms with van der Waals surface area (Å²) in [6.07, 6.45) is 5.22. The first-order valence-corrected chi connectivity index (χ1v) is 6.03. The summed E-state index contributed by atoms with van der Waals surface area (Å²) in [6.45, 7) is 12.0. The molecule has 0 radical (unpaired) electrons. The molecular formula is C13H25N. The Morgan fingerprint density at radius 1 is 1.36 bits per heavy atom. The summed E-state index contributed by atoms with van der Waals surface area (Å²) in [5, 5.41) is 3.64. The van der Waals surface area contributed by atoms with Crippen LogP contribution in [0.25, 0.3) is 0 Å². The topological polar surface area (TPSA) is 12.0 Å². The molecule has 1 aliphatic carbocycles. The molecule has 1 nitrogen and oxygen atoms in total. The lowest BCUT2D eigenvalue weighted by Crippen LogP contribution is -2.39. The van der Waals surface area contributed by atoms with E-state index in [0.717, 1.165) is 30.8 Å². The van der Waals surface area contributed by atoms with Crippen molar-refractivity contribution in [3.05, 3.63) is 12.2 Å². The van der Waals surface area contributed by atoms with Crippen molar-refractivity contribution in [1.29, 1.82) is 0 Å². The third kappa shape index (κ3) is 3.45. The summed E-state index contributed by atoms with van der Waals surface area (Å²) in [5.41, 5.74) is 1.33. The van der Waals surface area contributed by atoms with Crippen molar-refractivity contribution in [3.63, 3.8) is 0 Å². The molecule has 3 atom stereocenters. The number of hydrogen-bond donors (Lipinski definition) is 1. The zero-order valence-electron chi connectivity index (χ0n) is 9.97. The quantitative estimate of drug-likeness (QED) is 0.678. The molecule has 0 aliphatic heterocycles. The van der Waals surface area contributed by atoms with Crippen LogP contribution in [0.4, 0.5) is 0 Å². The van der Waals surface area contributed by atoms with Crippen molar-refractivity contribution in [2.24, 2.45) is 11.8 Å². The molecule has 0 saturated heterocycles. The van der Waals surface area contributed by atoms with E-state index in [9.17, 15) is 0 Å². The molecule has 3 unspecified atom stereocenters. The van der Waals surface area contributed by atoms with Gasteiger partial charge in [-0.2, -0.15) is 0 Å². The Bertz CT molecular complexity index is 186. The van der Waals surface area contributed by atoms with Crippen molar-refractivity contribution >= 4 is 0 Å². The second-order valence-electron chi connectivity index (χ2n) is 4.99. The molecule has 0 aromatic carbocycles. The van der Waals surface area contributed by atoms with Gasteiger partial charge in [0.15, 0.2) is 0 Å². The molecule has 0 spiro atoms. The fraction of sp³-hybridized carbons (Fsp3) is 0.846. The lowest BCUT2D eigenvalue weighted by Gasteiger charge is -2.33. The minimum absolute atomic E-state index is 0.731. The lowest BCUT2D eigenvalue weighted by atomic mass is 9.80. The summed E-state index contributed by atoms with van der Waals surface area (Å²) in [4.78, 5) is 0. The molecule has 1 rings (SSSR count). The van der Waals surface area contributed by atoms with Crippen LogP contribution in [0.1, 0.15) is 46.5 Å². The van der Waals surface area contributed by atoms with Crippen LogP contribution in [0.2, 0.25) is 0 Å². The van der Waals surface area contributed by atoms with Gasteiger partial charge in [0.25, 0.3) is 0 Å². The van der Waals surface area contributed by atoms with E-state index in [2.05, 4.69) is 32.7 Å². The predicted molar refractivity (Wildman–Crippen MR) is 63.4 cm³/mol. The summed E-state index contributed by atoms with van der Waals surface area (Å²) in [7, 11) is 0. The van der Waals surface area contributed by atoms with E-state index in [0.29, 0.717) is 0 Å². The largest absolute Gasteiger partial charge is 0.310 e. The molecule has 14 heavy (non-hydrogen) atoms. The maximum Gasteiger partial charge on any atom is 0.0164 e. The lowest BCUT2D eigenvalue weighted by molar-refractivity contribution is 0.232. The van der Waals surface area contributed by atoms with Crippen LogP contribution in [0.15, 0.2) is 12.2 Å². The summed E-state index contributed by atoms with van der Waals surface area (Å²) in [6, 6.07) is 0.731. The fourth-order valence-electron chi connectivity index (χ4n) is 2.37. The Hall–Kier alpha value is -0.300. The maximum atomic E-state index is 4.04. The van der Waals surface area contributed by atoms with Gasteiger partial charge < -0.3 is 5.32 Å². The highest BCUT2D eigenvalue weighted by Gasteiger charge is 2.24. The molecule has 0 bridgehead atoms. The van der Waals surface area contributed by atoms with Crippen molar-refractivity contribution < 1.29 is 0 Å². The molecule has 1 aliphatic rings. The average molecular weight is 195 g/mol. The molecule has 1 N–H and O–H groups in total. The first kappa shape index (κ1) is 11.8. The smallest absolute Gasteiger partial charge is 0.0164 e. The van der Waals surface area contributed by atoms with Gasteiger partial charge in [0.1, 0.15) is 0 Å². The fourth-order valence-corrected chi connectivity index (χ4v) is 2.37. The molecule has 1 fully saturated rings. The highest BCUT2D eigenvalue weighted by Crippen LogP contribution is 2.28. The van der Waals surface area contributed by atoms with Crippen molar-refractivity contribution in [2.45, 2.75) is 52.5 Å². The van der Waals surface area contributed by atoms with E-state index < -0.39 is 0 Å². The zero-order chi connectivity index (χ0) is 10.6. The van der Waals surface area contributed by atoms with Crippen LogP contribution in [0, 0.1) is 11.8 Å². The minimum atomic E-state index is 0.731. The molecule has 0 aromatic heterocycles. The Balaban J connectivity index is 2.27. The third-order valence-corrected chi connectivity index (χ3v) is 3.55. The molecule has 0 heterocycles. The van der Waals surface area contributed by atoms with Crippen molar-refractivity contribution in [2.75, 3.05) is 6.54 Å². The molecule has 1 saturated carbocycles. The second kappa shape index (κ2) is 5.55. The molecular weight excluding hydrogens is 170 g/mol. The average Bonchev–Trinajstić information content (AvgIpc) is 2.16. The van der Waals surface area contributed by atoms with E-state index in [1.54, 1.807) is 0 Å². The van der Waals surface area contributed by atoms with Gasteiger partial charge in [-0.05, 0) is 37.5 Å². The first-order chi connectivity index (χ1) is 6.63. The monoisotopic (exact) mass is 195 g/mol. The Kier molecular flexibility index (Phi) is 4.67. The van der Waals surface area contributed by atoms with Crippen LogP contribution in [-0.2, 0) is 0 Å². The van der Waals surface area contributed by atoms with Crippen LogP contribution >= 0.6 is 0 Å². The van der Waals surface area contributed by atoms with Crippen LogP contribution in [0.3, 0.4) is 0 Å². The molecule has 1 heteroatoms. The van der Waals surface area contributed by atoms with Gasteiger partial charge in [-0.3, -0.25) is 0 Å². The zero-order valence-corrected chi connectivity index (χ0v) is 9.97.